The van der Waals surface area contributed by atoms with E-state index in [1.807, 2.05) is 0 Å². The molecule has 0 amide bonds. The van der Waals surface area contributed by atoms with Crippen LogP contribution in [0.4, 0.5) is 0 Å². The highest BCUT2D eigenvalue weighted by Gasteiger charge is 2.34. The van der Waals surface area contributed by atoms with Crippen LogP contribution in [0.3, 0.4) is 0 Å². The zero-order valence-electron chi connectivity index (χ0n) is 11.4. The molecule has 0 radical (unpaired) electrons. The molecule has 0 spiro atoms. The summed E-state index contributed by atoms with van der Waals surface area (Å²) < 4.78 is 22.8. The van der Waals surface area contributed by atoms with Gasteiger partial charge in [0.2, 0.25) is 0 Å². The van der Waals surface area contributed by atoms with Crippen molar-refractivity contribution in [2.45, 2.75) is 58.4 Å². The van der Waals surface area contributed by atoms with Gasteiger partial charge in [-0.3, -0.25) is 0 Å². The molecule has 3 nitrogen and oxygen atoms in total. The minimum atomic E-state index is -2.83. The molecule has 0 aromatic rings. The van der Waals surface area contributed by atoms with Gasteiger partial charge in [0.1, 0.15) is 9.84 Å². The van der Waals surface area contributed by atoms with Gasteiger partial charge in [-0.15, -0.1) is 0 Å². The second-order valence-electron chi connectivity index (χ2n) is 5.90. The Hall–Kier alpha value is -0.0900. The van der Waals surface area contributed by atoms with Crippen molar-refractivity contribution in [2.24, 2.45) is 17.6 Å². The Morgan fingerprint density at radius 2 is 1.94 bits per heavy atom. The van der Waals surface area contributed by atoms with E-state index >= 15 is 0 Å². The molecule has 0 aromatic heterocycles. The van der Waals surface area contributed by atoms with Gasteiger partial charge in [-0.25, -0.2) is 8.42 Å². The van der Waals surface area contributed by atoms with Crippen LogP contribution in [0.1, 0.15) is 52.9 Å². The Bertz CT molecular complexity index is 339. The lowest BCUT2D eigenvalue weighted by Gasteiger charge is -2.40. The molecular formula is C13H27NO2S. The molecular weight excluding hydrogens is 234 g/mol. The third-order valence-electron chi connectivity index (χ3n) is 4.37. The SMILES string of the molecule is CCS(=O)(=O)CCCC1(N)CCC(C)C(C)C1. The van der Waals surface area contributed by atoms with Crippen molar-refractivity contribution in [3.05, 3.63) is 0 Å². The van der Waals surface area contributed by atoms with Gasteiger partial charge in [0, 0.05) is 11.3 Å². The second-order valence-corrected chi connectivity index (χ2v) is 8.37. The van der Waals surface area contributed by atoms with Crippen LogP contribution in [0.15, 0.2) is 0 Å². The molecule has 1 aliphatic carbocycles. The molecule has 4 heteroatoms. The minimum absolute atomic E-state index is 0.116. The molecule has 0 aliphatic heterocycles. The van der Waals surface area contributed by atoms with E-state index in [9.17, 15) is 8.42 Å². The lowest BCUT2D eigenvalue weighted by molar-refractivity contribution is 0.167. The lowest BCUT2D eigenvalue weighted by atomic mass is 9.70. The Labute approximate surface area is 106 Å². The van der Waals surface area contributed by atoms with Crippen LogP contribution in [-0.4, -0.2) is 25.5 Å². The van der Waals surface area contributed by atoms with Crippen LogP contribution < -0.4 is 5.73 Å². The van der Waals surface area contributed by atoms with Crippen LogP contribution in [0.2, 0.25) is 0 Å². The fourth-order valence-electron chi connectivity index (χ4n) is 2.76. The van der Waals surface area contributed by atoms with Gasteiger partial charge >= 0.3 is 0 Å². The van der Waals surface area contributed by atoms with E-state index in [1.165, 1.54) is 6.42 Å². The third-order valence-corrected chi connectivity index (χ3v) is 6.16. The summed E-state index contributed by atoms with van der Waals surface area (Å²) in [6, 6.07) is 0. The van der Waals surface area contributed by atoms with Crippen LogP contribution in [-0.2, 0) is 9.84 Å². The topological polar surface area (TPSA) is 60.2 Å². The summed E-state index contributed by atoms with van der Waals surface area (Å²) in [5.74, 6) is 1.97. The van der Waals surface area contributed by atoms with Gasteiger partial charge in [0.05, 0.1) is 5.75 Å². The van der Waals surface area contributed by atoms with Crippen LogP contribution >= 0.6 is 0 Å². The number of hydrogen-bond donors (Lipinski definition) is 1. The summed E-state index contributed by atoms with van der Waals surface area (Å²) in [4.78, 5) is 0. The van der Waals surface area contributed by atoms with E-state index in [-0.39, 0.29) is 11.3 Å². The van der Waals surface area contributed by atoms with Gasteiger partial charge in [-0.05, 0) is 43.9 Å². The van der Waals surface area contributed by atoms with Crippen molar-refractivity contribution in [1.29, 1.82) is 0 Å². The largest absolute Gasteiger partial charge is 0.325 e. The van der Waals surface area contributed by atoms with Gasteiger partial charge in [0.25, 0.3) is 0 Å². The first kappa shape index (κ1) is 15.0. The molecule has 3 unspecified atom stereocenters. The van der Waals surface area contributed by atoms with Crippen molar-refractivity contribution in [1.82, 2.24) is 0 Å². The van der Waals surface area contributed by atoms with Gasteiger partial charge in [0.15, 0.2) is 0 Å². The first-order valence-corrected chi connectivity index (χ1v) is 8.59. The predicted molar refractivity (Wildman–Crippen MR) is 72.7 cm³/mol. The van der Waals surface area contributed by atoms with E-state index < -0.39 is 9.84 Å². The minimum Gasteiger partial charge on any atom is -0.325 e. The first-order valence-electron chi connectivity index (χ1n) is 6.77. The van der Waals surface area contributed by atoms with Crippen LogP contribution in [0.25, 0.3) is 0 Å². The van der Waals surface area contributed by atoms with E-state index in [0.717, 1.165) is 25.2 Å². The Morgan fingerprint density at radius 3 is 2.47 bits per heavy atom. The molecule has 17 heavy (non-hydrogen) atoms. The zero-order valence-corrected chi connectivity index (χ0v) is 12.2. The quantitative estimate of drug-likeness (QED) is 0.826. The van der Waals surface area contributed by atoms with E-state index in [0.29, 0.717) is 18.1 Å². The first-order chi connectivity index (χ1) is 7.78. The van der Waals surface area contributed by atoms with Crippen molar-refractivity contribution in [3.63, 3.8) is 0 Å². The Kier molecular flexibility index (Phi) is 5.02. The van der Waals surface area contributed by atoms with E-state index in [2.05, 4.69) is 13.8 Å². The molecule has 3 atom stereocenters. The molecule has 2 N–H and O–H groups in total. The number of nitrogens with two attached hydrogens (primary N) is 1. The highest BCUT2D eigenvalue weighted by molar-refractivity contribution is 7.91. The average molecular weight is 261 g/mol. The highest BCUT2D eigenvalue weighted by Crippen LogP contribution is 2.37. The normalized spacial score (nSPS) is 34.8. The van der Waals surface area contributed by atoms with E-state index in [4.69, 9.17) is 5.73 Å². The third kappa shape index (κ3) is 4.59. The number of hydrogen-bond acceptors (Lipinski definition) is 3. The van der Waals surface area contributed by atoms with Crippen molar-refractivity contribution in [2.75, 3.05) is 11.5 Å². The smallest absolute Gasteiger partial charge is 0.150 e. The Balaban J connectivity index is 2.41. The fourth-order valence-corrected chi connectivity index (χ4v) is 3.63. The van der Waals surface area contributed by atoms with Gasteiger partial charge in [-0.1, -0.05) is 20.8 Å². The second kappa shape index (κ2) is 5.70. The van der Waals surface area contributed by atoms with Crippen LogP contribution in [0.5, 0.6) is 0 Å². The maximum absolute atomic E-state index is 11.4. The predicted octanol–water partition coefficient (Wildman–Crippen LogP) is 2.35. The average Bonchev–Trinajstić information content (AvgIpc) is 2.24. The number of sulfone groups is 1. The highest BCUT2D eigenvalue weighted by atomic mass is 32.2. The summed E-state index contributed by atoms with van der Waals surface area (Å²) in [7, 11) is -2.83. The summed E-state index contributed by atoms with van der Waals surface area (Å²) >= 11 is 0. The molecule has 1 rings (SSSR count). The maximum atomic E-state index is 11.4. The van der Waals surface area contributed by atoms with E-state index in [1.54, 1.807) is 6.92 Å². The summed E-state index contributed by atoms with van der Waals surface area (Å²) in [5.41, 5.74) is 6.27. The summed E-state index contributed by atoms with van der Waals surface area (Å²) in [6.07, 6.45) is 4.83. The molecule has 0 saturated heterocycles. The lowest BCUT2D eigenvalue weighted by Crippen LogP contribution is -2.46. The molecule has 1 aliphatic rings. The van der Waals surface area contributed by atoms with Crippen molar-refractivity contribution in [3.8, 4) is 0 Å². The summed E-state index contributed by atoms with van der Waals surface area (Å²) in [6.45, 7) is 6.25. The Morgan fingerprint density at radius 1 is 1.29 bits per heavy atom. The maximum Gasteiger partial charge on any atom is 0.150 e. The van der Waals surface area contributed by atoms with Gasteiger partial charge in [-0.2, -0.15) is 0 Å². The molecule has 0 heterocycles. The molecule has 0 aromatic carbocycles. The zero-order chi connectivity index (χ0) is 13.1. The standard InChI is InChI=1S/C13H27NO2S/c1-4-17(15,16)9-5-7-13(14)8-6-11(2)12(3)10-13/h11-12H,4-10,14H2,1-3H3. The number of rotatable bonds is 5. The molecule has 102 valence electrons. The summed E-state index contributed by atoms with van der Waals surface area (Å²) in [5, 5.41) is 0. The fraction of sp³-hybridized carbons (Fsp3) is 1.00. The molecule has 1 saturated carbocycles. The van der Waals surface area contributed by atoms with Crippen molar-refractivity contribution >= 4 is 9.84 Å². The molecule has 1 fully saturated rings. The van der Waals surface area contributed by atoms with Gasteiger partial charge < -0.3 is 5.73 Å². The monoisotopic (exact) mass is 261 g/mol. The van der Waals surface area contributed by atoms with Crippen molar-refractivity contribution < 1.29 is 8.42 Å². The molecule has 0 bridgehead atoms. The van der Waals surface area contributed by atoms with Crippen LogP contribution in [0, 0.1) is 11.8 Å².